The fraction of sp³-hybridized carbons (Fsp3) is 0.877. The van der Waals surface area contributed by atoms with Gasteiger partial charge in [-0.1, -0.05) is 244 Å². The summed E-state index contributed by atoms with van der Waals surface area (Å²) in [6.07, 6.45) is 60.4. The monoisotopic (exact) mass is 887 g/mol. The van der Waals surface area contributed by atoms with E-state index in [9.17, 15) is 14.4 Å². The van der Waals surface area contributed by atoms with E-state index in [1.807, 2.05) is 0 Å². The lowest BCUT2D eigenvalue weighted by atomic mass is 10.0. The van der Waals surface area contributed by atoms with Gasteiger partial charge in [0.1, 0.15) is 13.2 Å². The smallest absolute Gasteiger partial charge is 0.306 e. The highest BCUT2D eigenvalue weighted by Gasteiger charge is 2.19. The highest BCUT2D eigenvalue weighted by atomic mass is 16.6. The largest absolute Gasteiger partial charge is 0.462 e. The first-order valence-electron chi connectivity index (χ1n) is 27.8. The summed E-state index contributed by atoms with van der Waals surface area (Å²) in [6.45, 7) is 6.57. The minimum absolute atomic E-state index is 0.0735. The fourth-order valence-electron chi connectivity index (χ4n) is 8.21. The normalized spacial score (nSPS) is 12.1. The van der Waals surface area contributed by atoms with E-state index < -0.39 is 6.10 Å². The van der Waals surface area contributed by atoms with Gasteiger partial charge in [0.25, 0.3) is 0 Å². The van der Waals surface area contributed by atoms with Crippen molar-refractivity contribution < 1.29 is 28.6 Å². The summed E-state index contributed by atoms with van der Waals surface area (Å²) in [5.41, 5.74) is 0. The lowest BCUT2D eigenvalue weighted by Gasteiger charge is -2.18. The molecular formula is C57H106O6. The molecule has 1 atom stereocenters. The number of hydrogen-bond acceptors (Lipinski definition) is 6. The Hall–Kier alpha value is -2.11. The van der Waals surface area contributed by atoms with Gasteiger partial charge in [-0.05, 0) is 64.2 Å². The van der Waals surface area contributed by atoms with Crippen molar-refractivity contribution in [3.63, 3.8) is 0 Å². The van der Waals surface area contributed by atoms with Gasteiger partial charge in [0.15, 0.2) is 6.10 Å². The van der Waals surface area contributed by atoms with E-state index >= 15 is 0 Å². The first-order valence-corrected chi connectivity index (χ1v) is 27.8. The molecule has 6 heteroatoms. The van der Waals surface area contributed by atoms with Crippen LogP contribution in [0.3, 0.4) is 0 Å². The molecule has 0 saturated heterocycles. The van der Waals surface area contributed by atoms with Gasteiger partial charge in [-0.15, -0.1) is 0 Å². The predicted molar refractivity (Wildman–Crippen MR) is 270 cm³/mol. The summed E-state index contributed by atoms with van der Waals surface area (Å²) in [6, 6.07) is 0. The minimum Gasteiger partial charge on any atom is -0.462 e. The summed E-state index contributed by atoms with van der Waals surface area (Å²) in [7, 11) is 0. The van der Waals surface area contributed by atoms with E-state index in [2.05, 4.69) is 45.1 Å². The zero-order chi connectivity index (χ0) is 45.8. The van der Waals surface area contributed by atoms with Crippen molar-refractivity contribution in [3.8, 4) is 0 Å². The molecule has 0 aromatic rings. The lowest BCUT2D eigenvalue weighted by molar-refractivity contribution is -0.167. The molecule has 63 heavy (non-hydrogen) atoms. The molecule has 0 radical (unpaired) electrons. The Bertz CT molecular complexity index is 1020. The molecule has 0 saturated carbocycles. The Balaban J connectivity index is 4.16. The van der Waals surface area contributed by atoms with Crippen molar-refractivity contribution in [2.45, 2.75) is 309 Å². The topological polar surface area (TPSA) is 78.9 Å². The number of rotatable bonds is 51. The van der Waals surface area contributed by atoms with Crippen molar-refractivity contribution in [2.75, 3.05) is 13.2 Å². The molecule has 0 heterocycles. The van der Waals surface area contributed by atoms with Crippen LogP contribution in [0.5, 0.6) is 0 Å². The van der Waals surface area contributed by atoms with Crippen molar-refractivity contribution in [2.24, 2.45) is 0 Å². The van der Waals surface area contributed by atoms with Crippen LogP contribution in [-0.2, 0) is 28.6 Å². The lowest BCUT2D eigenvalue weighted by Crippen LogP contribution is -2.30. The fourth-order valence-corrected chi connectivity index (χ4v) is 8.21. The molecule has 0 aliphatic rings. The number of ether oxygens (including phenoxy) is 3. The van der Waals surface area contributed by atoms with Crippen molar-refractivity contribution >= 4 is 17.9 Å². The van der Waals surface area contributed by atoms with E-state index in [1.54, 1.807) is 0 Å². The van der Waals surface area contributed by atoms with Gasteiger partial charge in [-0.2, -0.15) is 0 Å². The summed E-state index contributed by atoms with van der Waals surface area (Å²) in [4.78, 5) is 37.9. The predicted octanol–water partition coefficient (Wildman–Crippen LogP) is 18.3. The highest BCUT2D eigenvalue weighted by molar-refractivity contribution is 5.71. The van der Waals surface area contributed by atoms with E-state index in [-0.39, 0.29) is 31.1 Å². The van der Waals surface area contributed by atoms with Crippen LogP contribution in [0.1, 0.15) is 303 Å². The standard InChI is InChI=1S/C57H106O6/c1-4-7-10-13-16-19-22-24-25-26-27-28-29-30-31-32-33-34-36-38-41-44-47-50-56(59)62-53-54(52-61-55(58)49-46-43-40-37-21-18-15-12-9-6-3)63-57(60)51-48-45-42-39-35-23-20-17-14-11-8-5-2/h12,15,17,20,54H,4-11,13-14,16,18-19,21-53H2,1-3H3/b15-12-,20-17-. The molecule has 0 aliphatic heterocycles. The number of carbonyl (C=O) groups excluding carboxylic acids is 3. The van der Waals surface area contributed by atoms with Crippen molar-refractivity contribution in [1.29, 1.82) is 0 Å². The number of allylic oxidation sites excluding steroid dienone is 4. The first-order chi connectivity index (χ1) is 31.0. The summed E-state index contributed by atoms with van der Waals surface area (Å²) in [5, 5.41) is 0. The number of carbonyl (C=O) groups is 3. The van der Waals surface area contributed by atoms with Crippen LogP contribution in [0.4, 0.5) is 0 Å². The molecule has 6 nitrogen and oxygen atoms in total. The zero-order valence-corrected chi connectivity index (χ0v) is 42.4. The van der Waals surface area contributed by atoms with Crippen LogP contribution in [-0.4, -0.2) is 37.2 Å². The molecule has 0 rings (SSSR count). The van der Waals surface area contributed by atoms with E-state index in [1.165, 1.54) is 186 Å². The summed E-state index contributed by atoms with van der Waals surface area (Å²) < 4.78 is 16.8. The van der Waals surface area contributed by atoms with Crippen LogP contribution in [0.15, 0.2) is 24.3 Å². The van der Waals surface area contributed by atoms with E-state index in [0.717, 1.165) is 77.0 Å². The van der Waals surface area contributed by atoms with Gasteiger partial charge in [0.2, 0.25) is 0 Å². The third kappa shape index (κ3) is 50.7. The van der Waals surface area contributed by atoms with Crippen LogP contribution in [0, 0.1) is 0 Å². The second kappa shape index (κ2) is 52.5. The second-order valence-electron chi connectivity index (χ2n) is 18.8. The van der Waals surface area contributed by atoms with Gasteiger partial charge >= 0.3 is 17.9 Å². The third-order valence-electron chi connectivity index (χ3n) is 12.4. The SMILES string of the molecule is CCC/C=C\CCCCCCCC(=O)OCC(COC(=O)CCCCCCCCCCCCCCCCCCCCCCCCC)OC(=O)CCCCCCC/C=C\CCCCC. The summed E-state index contributed by atoms with van der Waals surface area (Å²) in [5.74, 6) is -0.880. The van der Waals surface area contributed by atoms with Gasteiger partial charge < -0.3 is 14.2 Å². The van der Waals surface area contributed by atoms with Crippen molar-refractivity contribution in [1.82, 2.24) is 0 Å². The van der Waals surface area contributed by atoms with Crippen LogP contribution < -0.4 is 0 Å². The van der Waals surface area contributed by atoms with Gasteiger partial charge in [-0.25, -0.2) is 0 Å². The van der Waals surface area contributed by atoms with Gasteiger partial charge in [0, 0.05) is 19.3 Å². The Morgan fingerprint density at radius 1 is 0.302 bits per heavy atom. The quantitative estimate of drug-likeness (QED) is 0.0262. The highest BCUT2D eigenvalue weighted by Crippen LogP contribution is 2.17. The maximum Gasteiger partial charge on any atom is 0.306 e. The van der Waals surface area contributed by atoms with Crippen LogP contribution >= 0.6 is 0 Å². The molecule has 0 bridgehead atoms. The van der Waals surface area contributed by atoms with Crippen LogP contribution in [0.2, 0.25) is 0 Å². The summed E-state index contributed by atoms with van der Waals surface area (Å²) >= 11 is 0. The molecule has 0 aromatic carbocycles. The maximum absolute atomic E-state index is 12.8. The number of unbranched alkanes of at least 4 members (excludes halogenated alkanes) is 36. The van der Waals surface area contributed by atoms with Gasteiger partial charge in [-0.3, -0.25) is 14.4 Å². The average Bonchev–Trinajstić information content (AvgIpc) is 3.28. The van der Waals surface area contributed by atoms with Crippen molar-refractivity contribution in [3.05, 3.63) is 24.3 Å². The average molecular weight is 887 g/mol. The molecule has 1 unspecified atom stereocenters. The first kappa shape index (κ1) is 60.9. The Morgan fingerprint density at radius 2 is 0.556 bits per heavy atom. The Labute approximate surface area is 392 Å². The molecule has 0 fully saturated rings. The molecule has 0 amide bonds. The minimum atomic E-state index is -0.773. The Morgan fingerprint density at radius 3 is 0.889 bits per heavy atom. The zero-order valence-electron chi connectivity index (χ0n) is 42.4. The molecule has 0 spiro atoms. The second-order valence-corrected chi connectivity index (χ2v) is 18.8. The molecule has 0 aliphatic carbocycles. The molecule has 0 N–H and O–H groups in total. The number of esters is 3. The Kier molecular flexibility index (Phi) is 50.8. The third-order valence-corrected chi connectivity index (χ3v) is 12.4. The van der Waals surface area contributed by atoms with E-state index in [0.29, 0.717) is 19.3 Å². The maximum atomic E-state index is 12.8. The van der Waals surface area contributed by atoms with Crippen LogP contribution in [0.25, 0.3) is 0 Å². The van der Waals surface area contributed by atoms with Gasteiger partial charge in [0.05, 0.1) is 0 Å². The molecule has 0 aromatic heterocycles. The van der Waals surface area contributed by atoms with E-state index in [4.69, 9.17) is 14.2 Å². The number of hydrogen-bond donors (Lipinski definition) is 0. The molecule has 370 valence electrons. The molecular weight excluding hydrogens is 781 g/mol.